The van der Waals surface area contributed by atoms with Gasteiger partial charge in [-0.05, 0) is 19.4 Å². The Hall–Kier alpha value is -1.19. The van der Waals surface area contributed by atoms with Crippen molar-refractivity contribution >= 4 is 23.2 Å². The Bertz CT molecular complexity index is 608. The fourth-order valence-electron chi connectivity index (χ4n) is 2.08. The first kappa shape index (κ1) is 15.2. The lowest BCUT2D eigenvalue weighted by atomic mass is 10.1. The number of hydrogen-bond acceptors (Lipinski definition) is 2. The number of alkyl halides is 1. The largest absolute Gasteiger partial charge is 0.487 e. The Kier molecular flexibility index (Phi) is 4.95. The van der Waals surface area contributed by atoms with Gasteiger partial charge in [-0.15, -0.1) is 11.6 Å². The zero-order chi connectivity index (χ0) is 14.7. The molecule has 0 N–H and O–H groups in total. The Balaban J connectivity index is 2.19. The molecule has 1 aromatic carbocycles. The van der Waals surface area contributed by atoms with Gasteiger partial charge in [-0.1, -0.05) is 36.2 Å². The summed E-state index contributed by atoms with van der Waals surface area (Å²) in [5.74, 6) is 1.22. The van der Waals surface area contributed by atoms with Crippen molar-refractivity contribution in [3.63, 3.8) is 0 Å². The van der Waals surface area contributed by atoms with E-state index in [1.54, 1.807) is 4.68 Å². The second-order valence-corrected chi connectivity index (χ2v) is 5.36. The monoisotopic (exact) mass is 312 g/mol. The quantitative estimate of drug-likeness (QED) is 0.771. The number of halogens is 2. The highest BCUT2D eigenvalue weighted by Crippen LogP contribution is 2.26. The van der Waals surface area contributed by atoms with Gasteiger partial charge in [0, 0.05) is 12.6 Å². The maximum absolute atomic E-state index is 6.31. The molecule has 3 nitrogen and oxygen atoms in total. The molecule has 0 unspecified atom stereocenters. The van der Waals surface area contributed by atoms with Crippen molar-refractivity contribution in [1.29, 1.82) is 0 Å². The third kappa shape index (κ3) is 3.10. The van der Waals surface area contributed by atoms with E-state index in [1.807, 2.05) is 39.1 Å². The molecule has 5 heteroatoms. The van der Waals surface area contributed by atoms with Crippen LogP contribution in [0.3, 0.4) is 0 Å². The molecule has 0 spiro atoms. The van der Waals surface area contributed by atoms with Gasteiger partial charge in [0.15, 0.2) is 0 Å². The van der Waals surface area contributed by atoms with E-state index in [1.165, 1.54) is 5.56 Å². The minimum absolute atomic E-state index is 0.384. The smallest absolute Gasteiger partial charge is 0.131 e. The summed E-state index contributed by atoms with van der Waals surface area (Å²) in [6, 6.07) is 5.98. The molecule has 0 saturated carbocycles. The van der Waals surface area contributed by atoms with Gasteiger partial charge in [0.1, 0.15) is 12.4 Å². The summed E-state index contributed by atoms with van der Waals surface area (Å²) in [5.41, 5.74) is 3.93. The molecule has 2 aromatic rings. The first-order valence-corrected chi connectivity index (χ1v) is 7.46. The van der Waals surface area contributed by atoms with E-state index in [0.29, 0.717) is 17.5 Å². The van der Waals surface area contributed by atoms with Crippen molar-refractivity contribution in [2.45, 2.75) is 32.8 Å². The number of aryl methyl sites for hydroxylation is 3. The molecule has 0 aliphatic rings. The molecule has 1 heterocycles. The van der Waals surface area contributed by atoms with Crippen LogP contribution in [0.15, 0.2) is 18.2 Å². The average molecular weight is 313 g/mol. The fraction of sp³-hybridized carbons (Fsp3) is 0.400. The van der Waals surface area contributed by atoms with Gasteiger partial charge in [0.2, 0.25) is 0 Å². The van der Waals surface area contributed by atoms with Crippen LogP contribution in [0.2, 0.25) is 5.02 Å². The molecule has 0 bridgehead atoms. The zero-order valence-electron chi connectivity index (χ0n) is 11.9. The lowest BCUT2D eigenvalue weighted by molar-refractivity contribution is 0.292. The Morgan fingerprint density at radius 3 is 2.70 bits per heavy atom. The minimum Gasteiger partial charge on any atom is -0.487 e. The summed E-state index contributed by atoms with van der Waals surface area (Å²) in [4.78, 5) is 0. The highest BCUT2D eigenvalue weighted by molar-refractivity contribution is 6.31. The summed E-state index contributed by atoms with van der Waals surface area (Å²) in [7, 11) is 1.88. The highest BCUT2D eigenvalue weighted by atomic mass is 35.5. The summed E-state index contributed by atoms with van der Waals surface area (Å²) in [6.45, 7) is 4.45. The van der Waals surface area contributed by atoms with Crippen molar-refractivity contribution in [2.24, 2.45) is 7.05 Å². The van der Waals surface area contributed by atoms with Gasteiger partial charge in [-0.25, -0.2) is 0 Å². The first-order chi connectivity index (χ1) is 9.56. The predicted octanol–water partition coefficient (Wildman–Crippen LogP) is 4.26. The van der Waals surface area contributed by atoms with Gasteiger partial charge in [-0.3, -0.25) is 4.68 Å². The normalized spacial score (nSPS) is 10.8. The molecule has 0 aliphatic carbocycles. The third-order valence-electron chi connectivity index (χ3n) is 3.23. The third-order valence-corrected chi connectivity index (χ3v) is 3.95. The van der Waals surface area contributed by atoms with Crippen molar-refractivity contribution in [2.75, 3.05) is 0 Å². The second kappa shape index (κ2) is 6.51. The van der Waals surface area contributed by atoms with Crippen LogP contribution >= 0.6 is 23.2 Å². The topological polar surface area (TPSA) is 27.1 Å². The fourth-order valence-corrected chi connectivity index (χ4v) is 2.63. The van der Waals surface area contributed by atoms with E-state index in [-0.39, 0.29) is 0 Å². The summed E-state index contributed by atoms with van der Waals surface area (Å²) in [6.07, 6.45) is 0.810. The molecular formula is C15H18Cl2N2O. The molecule has 0 atom stereocenters. The Morgan fingerprint density at radius 2 is 2.10 bits per heavy atom. The Morgan fingerprint density at radius 1 is 1.35 bits per heavy atom. The number of benzene rings is 1. The number of aromatic nitrogens is 2. The maximum atomic E-state index is 6.31. The van der Waals surface area contributed by atoms with Gasteiger partial charge in [0.05, 0.1) is 22.3 Å². The highest BCUT2D eigenvalue weighted by Gasteiger charge is 2.14. The Labute approximate surface area is 129 Å². The van der Waals surface area contributed by atoms with Crippen molar-refractivity contribution in [3.05, 3.63) is 45.7 Å². The lowest BCUT2D eigenvalue weighted by Gasteiger charge is -2.11. The van der Waals surface area contributed by atoms with Crippen LogP contribution in [0.25, 0.3) is 0 Å². The molecule has 0 saturated heterocycles. The maximum Gasteiger partial charge on any atom is 0.131 e. The molecule has 1 aromatic heterocycles. The van der Waals surface area contributed by atoms with E-state index in [4.69, 9.17) is 27.9 Å². The van der Waals surface area contributed by atoms with Crippen molar-refractivity contribution in [3.8, 4) is 5.75 Å². The van der Waals surface area contributed by atoms with E-state index in [9.17, 15) is 0 Å². The van der Waals surface area contributed by atoms with Gasteiger partial charge in [-0.2, -0.15) is 5.10 Å². The van der Waals surface area contributed by atoms with Gasteiger partial charge in [0.25, 0.3) is 0 Å². The van der Waals surface area contributed by atoms with E-state index in [2.05, 4.69) is 5.10 Å². The number of ether oxygens (including phenoxy) is 1. The molecule has 20 heavy (non-hydrogen) atoms. The van der Waals surface area contributed by atoms with Crippen LogP contribution in [0.5, 0.6) is 5.75 Å². The summed E-state index contributed by atoms with van der Waals surface area (Å²) in [5, 5.41) is 5.07. The SMILES string of the molecule is CCc1nn(C)c(COc2ccc(C)cc2CCl)c1Cl. The van der Waals surface area contributed by atoms with Gasteiger partial charge < -0.3 is 4.74 Å². The van der Waals surface area contributed by atoms with Crippen LogP contribution in [0.4, 0.5) is 0 Å². The first-order valence-electron chi connectivity index (χ1n) is 6.55. The second-order valence-electron chi connectivity index (χ2n) is 4.72. The number of hydrogen-bond donors (Lipinski definition) is 0. The average Bonchev–Trinajstić information content (AvgIpc) is 2.72. The molecule has 0 fully saturated rings. The van der Waals surface area contributed by atoms with Crippen LogP contribution in [-0.2, 0) is 26.0 Å². The van der Waals surface area contributed by atoms with E-state index < -0.39 is 0 Å². The summed E-state index contributed by atoms with van der Waals surface area (Å²) < 4.78 is 7.63. The zero-order valence-corrected chi connectivity index (χ0v) is 13.4. The molecular weight excluding hydrogens is 295 g/mol. The molecule has 108 valence electrons. The van der Waals surface area contributed by atoms with Crippen molar-refractivity contribution in [1.82, 2.24) is 9.78 Å². The van der Waals surface area contributed by atoms with Crippen LogP contribution in [0.1, 0.15) is 29.4 Å². The minimum atomic E-state index is 0.384. The summed E-state index contributed by atoms with van der Waals surface area (Å²) >= 11 is 12.3. The van der Waals surface area contributed by atoms with Crippen LogP contribution in [0, 0.1) is 6.92 Å². The molecule has 0 amide bonds. The number of rotatable bonds is 5. The number of nitrogens with zero attached hydrogens (tertiary/aromatic N) is 2. The molecule has 0 radical (unpaired) electrons. The predicted molar refractivity (Wildman–Crippen MR) is 82.7 cm³/mol. The van der Waals surface area contributed by atoms with E-state index >= 15 is 0 Å². The molecule has 2 rings (SSSR count). The van der Waals surface area contributed by atoms with Crippen molar-refractivity contribution < 1.29 is 4.74 Å². The van der Waals surface area contributed by atoms with Crippen LogP contribution < -0.4 is 4.74 Å². The molecule has 0 aliphatic heterocycles. The van der Waals surface area contributed by atoms with Crippen LogP contribution in [-0.4, -0.2) is 9.78 Å². The standard InChI is InChI=1S/C15H18Cl2N2O/c1-4-12-15(17)13(19(3)18-12)9-20-14-6-5-10(2)7-11(14)8-16/h5-7H,4,8-9H2,1-3H3. The lowest BCUT2D eigenvalue weighted by Crippen LogP contribution is -2.04. The van der Waals surface area contributed by atoms with E-state index in [0.717, 1.165) is 29.1 Å². The van der Waals surface area contributed by atoms with Gasteiger partial charge >= 0.3 is 0 Å².